The highest BCUT2D eigenvalue weighted by atomic mass is 16.5. The van der Waals surface area contributed by atoms with Gasteiger partial charge in [-0.05, 0) is 6.42 Å². The van der Waals surface area contributed by atoms with E-state index in [1.54, 1.807) is 0 Å². The van der Waals surface area contributed by atoms with Crippen molar-refractivity contribution in [3.8, 4) is 0 Å². The molecule has 0 radical (unpaired) electrons. The van der Waals surface area contributed by atoms with E-state index >= 15 is 0 Å². The van der Waals surface area contributed by atoms with E-state index in [1.807, 2.05) is 0 Å². The van der Waals surface area contributed by atoms with E-state index in [0.29, 0.717) is 12.0 Å². The molecule has 0 saturated carbocycles. The van der Waals surface area contributed by atoms with Gasteiger partial charge in [-0.25, -0.2) is 0 Å². The summed E-state index contributed by atoms with van der Waals surface area (Å²) in [6.45, 7) is 4.29. The minimum Gasteiger partial charge on any atom is -0.391 e. The average Bonchev–Trinajstić information content (AvgIpc) is 2.72. The first-order chi connectivity index (χ1) is 6.36. The number of hydrogen-bond acceptors (Lipinski definition) is 4. The molecule has 76 valence electrons. The van der Waals surface area contributed by atoms with Gasteiger partial charge in [0, 0.05) is 38.2 Å². The van der Waals surface area contributed by atoms with Gasteiger partial charge in [0.25, 0.3) is 0 Å². The molecule has 13 heavy (non-hydrogen) atoms. The first kappa shape index (κ1) is 9.40. The van der Waals surface area contributed by atoms with Crippen molar-refractivity contribution < 1.29 is 9.84 Å². The lowest BCUT2D eigenvalue weighted by Gasteiger charge is -2.17. The van der Waals surface area contributed by atoms with Crippen LogP contribution in [-0.2, 0) is 4.74 Å². The highest BCUT2D eigenvalue weighted by molar-refractivity contribution is 4.83. The molecular formula is C9H18N2O2. The molecule has 2 heterocycles. The minimum absolute atomic E-state index is 0.171. The van der Waals surface area contributed by atoms with E-state index in [2.05, 4.69) is 10.6 Å². The second-order valence-corrected chi connectivity index (χ2v) is 3.95. The van der Waals surface area contributed by atoms with Crippen LogP contribution >= 0.6 is 0 Å². The van der Waals surface area contributed by atoms with E-state index < -0.39 is 0 Å². The Labute approximate surface area is 78.7 Å². The average molecular weight is 186 g/mol. The van der Waals surface area contributed by atoms with Crippen LogP contribution < -0.4 is 10.6 Å². The molecule has 3 atom stereocenters. The Morgan fingerprint density at radius 1 is 1.46 bits per heavy atom. The van der Waals surface area contributed by atoms with Gasteiger partial charge in [-0.1, -0.05) is 0 Å². The molecule has 0 bridgehead atoms. The molecule has 2 aliphatic rings. The van der Waals surface area contributed by atoms with E-state index in [0.717, 1.165) is 39.3 Å². The third kappa shape index (κ3) is 2.40. The molecule has 0 aliphatic carbocycles. The van der Waals surface area contributed by atoms with Crippen molar-refractivity contribution >= 4 is 0 Å². The third-order valence-corrected chi connectivity index (χ3v) is 2.90. The lowest BCUT2D eigenvalue weighted by molar-refractivity contribution is 0.142. The molecular weight excluding hydrogens is 168 g/mol. The fourth-order valence-corrected chi connectivity index (χ4v) is 1.94. The van der Waals surface area contributed by atoms with Crippen LogP contribution in [0, 0.1) is 5.92 Å². The van der Waals surface area contributed by atoms with Crippen LogP contribution in [0.2, 0.25) is 0 Å². The van der Waals surface area contributed by atoms with Gasteiger partial charge < -0.3 is 20.5 Å². The Morgan fingerprint density at radius 3 is 3.00 bits per heavy atom. The van der Waals surface area contributed by atoms with Gasteiger partial charge >= 0.3 is 0 Å². The smallest absolute Gasteiger partial charge is 0.0716 e. The van der Waals surface area contributed by atoms with Crippen LogP contribution in [0.3, 0.4) is 0 Å². The quantitative estimate of drug-likeness (QED) is 0.526. The van der Waals surface area contributed by atoms with Crippen LogP contribution in [0.1, 0.15) is 6.42 Å². The molecule has 0 spiro atoms. The fraction of sp³-hybridized carbons (Fsp3) is 1.00. The Balaban J connectivity index is 1.66. The highest BCUT2D eigenvalue weighted by Gasteiger charge is 2.25. The van der Waals surface area contributed by atoms with E-state index in [1.165, 1.54) is 0 Å². The molecule has 3 N–H and O–H groups in total. The first-order valence-corrected chi connectivity index (χ1v) is 5.06. The fourth-order valence-electron chi connectivity index (χ4n) is 1.94. The van der Waals surface area contributed by atoms with Crippen LogP contribution in [0.15, 0.2) is 0 Å². The number of nitrogens with one attached hydrogen (secondary N) is 2. The summed E-state index contributed by atoms with van der Waals surface area (Å²) in [5.74, 6) is 0.376. The summed E-state index contributed by atoms with van der Waals surface area (Å²) in [6, 6.07) is 0.507. The summed E-state index contributed by atoms with van der Waals surface area (Å²) in [6.07, 6.45) is 0.936. The van der Waals surface area contributed by atoms with Gasteiger partial charge in [0.05, 0.1) is 12.7 Å². The first-order valence-electron chi connectivity index (χ1n) is 5.06. The zero-order valence-electron chi connectivity index (χ0n) is 7.83. The van der Waals surface area contributed by atoms with Crippen LogP contribution in [-0.4, -0.2) is 50.1 Å². The van der Waals surface area contributed by atoms with Gasteiger partial charge in [-0.2, -0.15) is 0 Å². The number of rotatable bonds is 3. The highest BCUT2D eigenvalue weighted by Crippen LogP contribution is 2.09. The summed E-state index contributed by atoms with van der Waals surface area (Å²) in [7, 11) is 0. The molecule has 2 fully saturated rings. The maximum absolute atomic E-state index is 9.53. The second kappa shape index (κ2) is 4.37. The lowest BCUT2D eigenvalue weighted by atomic mass is 10.1. The molecule has 4 heteroatoms. The Bertz CT molecular complexity index is 160. The standard InChI is InChI=1S/C9H18N2O2/c12-9-5-10-3-7(9)4-11-8-1-2-13-6-8/h7-12H,1-6H2. The maximum atomic E-state index is 9.53. The molecule has 0 aromatic heterocycles. The molecule has 2 rings (SSSR count). The molecule has 0 aromatic rings. The monoisotopic (exact) mass is 186 g/mol. The van der Waals surface area contributed by atoms with E-state index in [4.69, 9.17) is 4.74 Å². The predicted molar refractivity (Wildman–Crippen MR) is 49.6 cm³/mol. The normalized spacial score (nSPS) is 39.9. The van der Waals surface area contributed by atoms with Gasteiger partial charge in [-0.3, -0.25) is 0 Å². The van der Waals surface area contributed by atoms with Crippen molar-refractivity contribution in [2.75, 3.05) is 32.8 Å². The Morgan fingerprint density at radius 2 is 2.38 bits per heavy atom. The predicted octanol–water partition coefficient (Wildman–Crippen LogP) is -1.05. The molecule has 2 saturated heterocycles. The maximum Gasteiger partial charge on any atom is 0.0716 e. The lowest BCUT2D eigenvalue weighted by Crippen LogP contribution is -2.37. The zero-order chi connectivity index (χ0) is 9.10. The Hall–Kier alpha value is -0.160. The summed E-state index contributed by atoms with van der Waals surface area (Å²) >= 11 is 0. The minimum atomic E-state index is -0.171. The number of aliphatic hydroxyl groups is 1. The summed E-state index contributed by atoms with van der Waals surface area (Å²) < 4.78 is 5.26. The van der Waals surface area contributed by atoms with Gasteiger partial charge in [0.15, 0.2) is 0 Å². The largest absolute Gasteiger partial charge is 0.391 e. The van der Waals surface area contributed by atoms with Gasteiger partial charge in [-0.15, -0.1) is 0 Å². The zero-order valence-corrected chi connectivity index (χ0v) is 7.83. The van der Waals surface area contributed by atoms with Crippen molar-refractivity contribution in [2.45, 2.75) is 18.6 Å². The van der Waals surface area contributed by atoms with Crippen LogP contribution in [0.25, 0.3) is 0 Å². The van der Waals surface area contributed by atoms with Crippen molar-refractivity contribution in [3.05, 3.63) is 0 Å². The number of aliphatic hydroxyl groups excluding tert-OH is 1. The molecule has 0 aromatic carbocycles. The summed E-state index contributed by atoms with van der Waals surface area (Å²) in [5, 5.41) is 16.1. The van der Waals surface area contributed by atoms with Gasteiger partial charge in [0.2, 0.25) is 0 Å². The molecule has 0 amide bonds. The molecule has 3 unspecified atom stereocenters. The number of hydrogen-bond donors (Lipinski definition) is 3. The van der Waals surface area contributed by atoms with E-state index in [9.17, 15) is 5.11 Å². The van der Waals surface area contributed by atoms with Crippen molar-refractivity contribution in [1.29, 1.82) is 0 Å². The topological polar surface area (TPSA) is 53.5 Å². The second-order valence-electron chi connectivity index (χ2n) is 3.95. The van der Waals surface area contributed by atoms with Crippen molar-refractivity contribution in [3.63, 3.8) is 0 Å². The van der Waals surface area contributed by atoms with E-state index in [-0.39, 0.29) is 6.10 Å². The summed E-state index contributed by atoms with van der Waals surface area (Å²) in [4.78, 5) is 0. The SMILES string of the molecule is OC1CNCC1CNC1CCOC1. The van der Waals surface area contributed by atoms with Crippen molar-refractivity contribution in [1.82, 2.24) is 10.6 Å². The van der Waals surface area contributed by atoms with Crippen LogP contribution in [0.5, 0.6) is 0 Å². The number of β-amino-alcohol motifs (C(OH)–C–C–N with tert-alkyl or cyclic N) is 1. The van der Waals surface area contributed by atoms with Crippen LogP contribution in [0.4, 0.5) is 0 Å². The van der Waals surface area contributed by atoms with Gasteiger partial charge in [0.1, 0.15) is 0 Å². The molecule has 4 nitrogen and oxygen atoms in total. The number of ether oxygens (including phenoxy) is 1. The Kier molecular flexibility index (Phi) is 3.16. The third-order valence-electron chi connectivity index (χ3n) is 2.90. The van der Waals surface area contributed by atoms with Crippen molar-refractivity contribution in [2.24, 2.45) is 5.92 Å². The summed E-state index contributed by atoms with van der Waals surface area (Å²) in [5.41, 5.74) is 0. The molecule has 2 aliphatic heterocycles.